The molecule has 2 heterocycles. The molecule has 1 saturated heterocycles. The minimum atomic E-state index is -0.816. The number of carbonyl (C=O) groups excluding carboxylic acids is 3. The molecule has 39 heavy (non-hydrogen) atoms. The van der Waals surface area contributed by atoms with E-state index >= 15 is 0 Å². The lowest BCUT2D eigenvalue weighted by Crippen LogP contribution is -2.59. The lowest BCUT2D eigenvalue weighted by Gasteiger charge is -2.36. The Morgan fingerprint density at radius 2 is 1.87 bits per heavy atom. The van der Waals surface area contributed by atoms with Gasteiger partial charge in [-0.25, -0.2) is 9.78 Å². The molecule has 1 unspecified atom stereocenters. The summed E-state index contributed by atoms with van der Waals surface area (Å²) in [6, 6.07) is 5.88. The van der Waals surface area contributed by atoms with E-state index in [2.05, 4.69) is 15.6 Å². The summed E-state index contributed by atoms with van der Waals surface area (Å²) >= 11 is 0. The first-order chi connectivity index (χ1) is 18.5. The molecule has 10 heteroatoms. The fourth-order valence-corrected chi connectivity index (χ4v) is 4.95. The average Bonchev–Trinajstić information content (AvgIpc) is 3.62. The van der Waals surface area contributed by atoms with Crippen LogP contribution in [0, 0.1) is 5.41 Å². The molecule has 2 aliphatic rings. The van der Waals surface area contributed by atoms with Crippen LogP contribution < -0.4 is 20.1 Å². The van der Waals surface area contributed by atoms with E-state index in [9.17, 15) is 14.4 Å². The van der Waals surface area contributed by atoms with E-state index in [0.29, 0.717) is 25.4 Å². The molecule has 1 saturated carbocycles. The van der Waals surface area contributed by atoms with Crippen LogP contribution in [0.4, 0.5) is 4.79 Å². The summed E-state index contributed by atoms with van der Waals surface area (Å²) in [7, 11) is 1.62. The molecule has 2 aromatic rings. The highest BCUT2D eigenvalue weighted by Crippen LogP contribution is 2.32. The third-order valence-electron chi connectivity index (χ3n) is 7.42. The number of likely N-dealkylation sites (tertiary alicyclic amines) is 1. The van der Waals surface area contributed by atoms with Crippen LogP contribution in [-0.2, 0) is 9.59 Å². The summed E-state index contributed by atoms with van der Waals surface area (Å²) in [6.07, 6.45) is 3.45. The number of fused-ring (bicyclic) bond motifs is 1. The highest BCUT2D eigenvalue weighted by atomic mass is 16.5. The molecule has 4 rings (SSSR count). The molecule has 3 atom stereocenters. The summed E-state index contributed by atoms with van der Waals surface area (Å²) < 4.78 is 11.7. The Balaban J connectivity index is 1.59. The van der Waals surface area contributed by atoms with Gasteiger partial charge in [0.1, 0.15) is 23.9 Å². The van der Waals surface area contributed by atoms with Crippen LogP contribution in [0.3, 0.4) is 0 Å². The van der Waals surface area contributed by atoms with Crippen LogP contribution in [0.15, 0.2) is 30.5 Å². The van der Waals surface area contributed by atoms with Crippen LogP contribution >= 0.6 is 0 Å². The Morgan fingerprint density at radius 3 is 2.49 bits per heavy atom. The minimum Gasteiger partial charge on any atom is -0.497 e. The van der Waals surface area contributed by atoms with Gasteiger partial charge in [-0.15, -0.1) is 0 Å². The molecule has 1 aromatic carbocycles. The molecule has 1 aliphatic heterocycles. The Bertz CT molecular complexity index is 1200. The van der Waals surface area contributed by atoms with Crippen molar-refractivity contribution in [2.45, 2.75) is 78.1 Å². The largest absolute Gasteiger partial charge is 0.497 e. The number of hydrogen-bond donors (Lipinski definition) is 2. The lowest BCUT2D eigenvalue weighted by atomic mass is 9.85. The third-order valence-corrected chi connectivity index (χ3v) is 7.42. The number of nitrogens with one attached hydrogen (secondary N) is 2. The topological polar surface area (TPSA) is 113 Å². The smallest absolute Gasteiger partial charge is 0.318 e. The van der Waals surface area contributed by atoms with Crippen LogP contribution in [0.2, 0.25) is 0 Å². The number of carbonyl (C=O) groups is 3. The van der Waals surface area contributed by atoms with E-state index in [4.69, 9.17) is 9.47 Å². The summed E-state index contributed by atoms with van der Waals surface area (Å²) in [5.74, 6) is 0.697. The van der Waals surface area contributed by atoms with Crippen LogP contribution in [-0.4, -0.2) is 83.6 Å². The number of benzene rings is 1. The van der Waals surface area contributed by atoms with Gasteiger partial charge in [-0.05, 0) is 61.8 Å². The molecular weight excluding hydrogens is 498 g/mol. The van der Waals surface area contributed by atoms with Gasteiger partial charge in [-0.3, -0.25) is 9.59 Å². The van der Waals surface area contributed by atoms with Gasteiger partial charge in [0.25, 0.3) is 0 Å². The third kappa shape index (κ3) is 6.54. The zero-order chi connectivity index (χ0) is 28.3. The molecule has 10 nitrogen and oxygen atoms in total. The number of nitrogens with zero attached hydrogens (tertiary/aromatic N) is 3. The van der Waals surface area contributed by atoms with Gasteiger partial charge in [-0.2, -0.15) is 0 Å². The molecule has 0 radical (unpaired) electrons. The number of aromatic nitrogens is 1. The maximum Gasteiger partial charge on any atom is 0.318 e. The molecule has 1 aromatic heterocycles. The second kappa shape index (κ2) is 11.7. The Kier molecular flexibility index (Phi) is 8.51. The van der Waals surface area contributed by atoms with Crippen molar-refractivity contribution < 1.29 is 23.9 Å². The van der Waals surface area contributed by atoms with Gasteiger partial charge in [0.2, 0.25) is 17.7 Å². The van der Waals surface area contributed by atoms with Crippen LogP contribution in [0.25, 0.3) is 10.8 Å². The van der Waals surface area contributed by atoms with Gasteiger partial charge in [0, 0.05) is 37.1 Å². The normalized spacial score (nSPS) is 19.9. The predicted molar refractivity (Wildman–Crippen MR) is 149 cm³/mol. The molecule has 0 spiro atoms. The first-order valence-corrected chi connectivity index (χ1v) is 13.8. The quantitative estimate of drug-likeness (QED) is 0.506. The van der Waals surface area contributed by atoms with E-state index in [1.807, 2.05) is 58.9 Å². The average molecular weight is 540 g/mol. The fraction of sp³-hybridized carbons (Fsp3) is 0.586. The second-order valence-corrected chi connectivity index (χ2v) is 11.4. The zero-order valence-electron chi connectivity index (χ0n) is 23.8. The fourth-order valence-electron chi connectivity index (χ4n) is 4.95. The highest BCUT2D eigenvalue weighted by molar-refractivity contribution is 5.93. The summed E-state index contributed by atoms with van der Waals surface area (Å²) in [6.45, 7) is 10.8. The number of methoxy groups -OCH3 is 1. The Labute approximate surface area is 230 Å². The van der Waals surface area contributed by atoms with Crippen molar-refractivity contribution in [2.24, 2.45) is 5.41 Å². The molecule has 2 N–H and O–H groups in total. The van der Waals surface area contributed by atoms with Gasteiger partial charge in [0.15, 0.2) is 0 Å². The first-order valence-electron chi connectivity index (χ1n) is 13.8. The minimum absolute atomic E-state index is 0.157. The van der Waals surface area contributed by atoms with Crippen LogP contribution in [0.1, 0.15) is 53.9 Å². The Morgan fingerprint density at radius 1 is 1.15 bits per heavy atom. The van der Waals surface area contributed by atoms with Crippen molar-refractivity contribution in [1.82, 2.24) is 25.4 Å². The van der Waals surface area contributed by atoms with E-state index in [-0.39, 0.29) is 30.4 Å². The molecule has 212 valence electrons. The molecule has 2 fully saturated rings. The number of ether oxygens (including phenoxy) is 2. The SMILES string of the molecule is CCN(CC)C(=O)N[C@H](C(=O)N1C[C@H](Oc2nccc3cc(OC)ccc23)CC1C(=O)NC1CC1)C(C)(C)C. The lowest BCUT2D eigenvalue weighted by molar-refractivity contribution is -0.142. The molecule has 1 aliphatic carbocycles. The second-order valence-electron chi connectivity index (χ2n) is 11.4. The van der Waals surface area contributed by atoms with E-state index in [1.165, 1.54) is 0 Å². The van der Waals surface area contributed by atoms with Gasteiger partial charge >= 0.3 is 6.03 Å². The van der Waals surface area contributed by atoms with Crippen molar-refractivity contribution in [1.29, 1.82) is 0 Å². The molecular formula is C29H41N5O5. The van der Waals surface area contributed by atoms with Crippen molar-refractivity contribution in [2.75, 3.05) is 26.7 Å². The first kappa shape index (κ1) is 28.4. The summed E-state index contributed by atoms with van der Waals surface area (Å²) in [5.41, 5.74) is -0.577. The van der Waals surface area contributed by atoms with Gasteiger partial charge in [0.05, 0.1) is 13.7 Å². The number of pyridine rings is 1. The number of hydrogen-bond acceptors (Lipinski definition) is 6. The van der Waals surface area contributed by atoms with Crippen molar-refractivity contribution >= 4 is 28.6 Å². The molecule has 0 bridgehead atoms. The van der Waals surface area contributed by atoms with Gasteiger partial charge < -0.3 is 29.9 Å². The van der Waals surface area contributed by atoms with E-state index in [0.717, 1.165) is 29.4 Å². The maximum absolute atomic E-state index is 14.1. The monoisotopic (exact) mass is 539 g/mol. The number of rotatable bonds is 9. The zero-order valence-corrected chi connectivity index (χ0v) is 23.8. The number of amides is 4. The standard InChI is InChI=1S/C29H41N5O5/c1-7-33(8-2)28(37)32-24(29(3,4)5)27(36)34-17-21(16-23(34)25(35)31-19-9-10-19)39-26-22-12-11-20(38-6)15-18(22)13-14-30-26/h11-15,19,21,23-24H,7-10,16-17H2,1-6H3,(H,31,35)(H,32,37)/t21-,23?,24-/m1/s1. The maximum atomic E-state index is 14.1. The van der Waals surface area contributed by atoms with Crippen molar-refractivity contribution in [3.63, 3.8) is 0 Å². The van der Waals surface area contributed by atoms with E-state index in [1.54, 1.807) is 23.1 Å². The highest BCUT2D eigenvalue weighted by Gasteiger charge is 2.46. The van der Waals surface area contributed by atoms with Crippen LogP contribution in [0.5, 0.6) is 11.6 Å². The Hall–Kier alpha value is -3.56. The summed E-state index contributed by atoms with van der Waals surface area (Å²) in [5, 5.41) is 7.73. The van der Waals surface area contributed by atoms with Crippen molar-refractivity contribution in [3.05, 3.63) is 30.5 Å². The van der Waals surface area contributed by atoms with Crippen molar-refractivity contribution in [3.8, 4) is 11.6 Å². The van der Waals surface area contributed by atoms with E-state index < -0.39 is 23.6 Å². The molecule has 4 amide bonds. The summed E-state index contributed by atoms with van der Waals surface area (Å²) in [4.78, 5) is 48.0. The predicted octanol–water partition coefficient (Wildman–Crippen LogP) is 3.34. The van der Waals surface area contributed by atoms with Gasteiger partial charge in [-0.1, -0.05) is 20.8 Å². The number of urea groups is 1.